The van der Waals surface area contributed by atoms with Gasteiger partial charge in [0.25, 0.3) is 5.91 Å². The zero-order chi connectivity index (χ0) is 14.5. The summed E-state index contributed by atoms with van der Waals surface area (Å²) >= 11 is 1.18. The van der Waals surface area contributed by atoms with Gasteiger partial charge in [-0.3, -0.25) is 14.9 Å². The van der Waals surface area contributed by atoms with Crippen molar-refractivity contribution in [1.29, 1.82) is 0 Å². The van der Waals surface area contributed by atoms with Gasteiger partial charge in [0.15, 0.2) is 0 Å². The minimum Gasteiger partial charge on any atom is -0.481 e. The number of carboxylic acid groups (broad SMARTS) is 1. The van der Waals surface area contributed by atoms with E-state index >= 15 is 0 Å². The highest BCUT2D eigenvalue weighted by Crippen LogP contribution is 2.17. The van der Waals surface area contributed by atoms with Crippen LogP contribution in [0.25, 0.3) is 0 Å². The number of aromatic nitrogens is 2. The average Bonchev–Trinajstić information content (AvgIpc) is 2.84. The Morgan fingerprint density at radius 2 is 1.95 bits per heavy atom. The van der Waals surface area contributed by atoms with Crippen molar-refractivity contribution in [3.8, 4) is 0 Å². The Morgan fingerprint density at radius 1 is 1.25 bits per heavy atom. The largest absolute Gasteiger partial charge is 0.481 e. The number of carboxylic acids is 1. The number of aryl methyl sites for hydroxylation is 2. The van der Waals surface area contributed by atoms with Gasteiger partial charge in [-0.25, -0.2) is 0 Å². The molecule has 0 aliphatic carbocycles. The van der Waals surface area contributed by atoms with Crippen molar-refractivity contribution in [2.75, 3.05) is 5.32 Å². The van der Waals surface area contributed by atoms with E-state index in [0.29, 0.717) is 22.1 Å². The molecule has 1 aromatic carbocycles. The van der Waals surface area contributed by atoms with Gasteiger partial charge in [0.1, 0.15) is 5.01 Å². The number of carbonyl (C=O) groups is 2. The predicted octanol–water partition coefficient (Wildman–Crippen LogP) is 2.12. The topological polar surface area (TPSA) is 92.2 Å². The minimum atomic E-state index is -0.884. The molecule has 0 fully saturated rings. The number of carbonyl (C=O) groups excluding carboxylic acids is 1. The molecule has 0 bridgehead atoms. The molecule has 0 aliphatic rings. The summed E-state index contributed by atoms with van der Waals surface area (Å²) < 4.78 is 0. The molecule has 0 atom stereocenters. The van der Waals surface area contributed by atoms with E-state index in [1.807, 2.05) is 19.1 Å². The molecule has 1 amide bonds. The van der Waals surface area contributed by atoms with E-state index in [1.165, 1.54) is 11.3 Å². The number of aliphatic carboxylic acids is 1. The van der Waals surface area contributed by atoms with Gasteiger partial charge < -0.3 is 5.11 Å². The average molecular weight is 291 g/mol. The monoisotopic (exact) mass is 291 g/mol. The maximum absolute atomic E-state index is 11.9. The van der Waals surface area contributed by atoms with Crippen LogP contribution in [0.2, 0.25) is 0 Å². The van der Waals surface area contributed by atoms with Crippen LogP contribution in [0.4, 0.5) is 5.13 Å². The van der Waals surface area contributed by atoms with Crippen molar-refractivity contribution in [2.24, 2.45) is 0 Å². The number of hydrogen-bond acceptors (Lipinski definition) is 5. The summed E-state index contributed by atoms with van der Waals surface area (Å²) in [5, 5.41) is 19.9. The number of nitrogens with zero attached hydrogens (tertiary/aromatic N) is 2. The van der Waals surface area contributed by atoms with Crippen molar-refractivity contribution >= 4 is 28.3 Å². The van der Waals surface area contributed by atoms with Crippen LogP contribution in [0.3, 0.4) is 0 Å². The normalized spacial score (nSPS) is 10.2. The van der Waals surface area contributed by atoms with E-state index in [2.05, 4.69) is 15.5 Å². The molecule has 0 saturated carbocycles. The first-order valence-corrected chi connectivity index (χ1v) is 6.78. The smallest absolute Gasteiger partial charge is 0.303 e. The number of anilines is 1. The molecule has 20 heavy (non-hydrogen) atoms. The predicted molar refractivity (Wildman–Crippen MR) is 75.0 cm³/mol. The number of nitrogens with one attached hydrogen (secondary N) is 1. The third-order valence-corrected chi connectivity index (χ3v) is 3.45. The molecule has 2 aromatic rings. The molecule has 0 saturated heterocycles. The van der Waals surface area contributed by atoms with E-state index in [-0.39, 0.29) is 12.3 Å². The van der Waals surface area contributed by atoms with Crippen molar-refractivity contribution < 1.29 is 14.7 Å². The minimum absolute atomic E-state index is 0.000538. The number of rotatable bonds is 5. The second-order valence-electron chi connectivity index (χ2n) is 4.21. The third-order valence-electron chi connectivity index (χ3n) is 2.55. The van der Waals surface area contributed by atoms with Crippen LogP contribution in [0.15, 0.2) is 24.3 Å². The van der Waals surface area contributed by atoms with Crippen molar-refractivity contribution in [3.63, 3.8) is 0 Å². The first-order valence-electron chi connectivity index (χ1n) is 5.97. The summed E-state index contributed by atoms with van der Waals surface area (Å²) in [7, 11) is 0. The van der Waals surface area contributed by atoms with Gasteiger partial charge in [0, 0.05) is 12.0 Å². The van der Waals surface area contributed by atoms with Gasteiger partial charge in [0.05, 0.1) is 6.42 Å². The fourth-order valence-corrected chi connectivity index (χ4v) is 2.23. The molecule has 7 heteroatoms. The summed E-state index contributed by atoms with van der Waals surface area (Å²) in [4.78, 5) is 22.4. The highest BCUT2D eigenvalue weighted by atomic mass is 32.1. The van der Waals surface area contributed by atoms with Crippen LogP contribution in [0.1, 0.15) is 27.3 Å². The van der Waals surface area contributed by atoms with Gasteiger partial charge >= 0.3 is 5.97 Å². The highest BCUT2D eigenvalue weighted by molar-refractivity contribution is 7.15. The Balaban J connectivity index is 1.97. The van der Waals surface area contributed by atoms with E-state index in [4.69, 9.17) is 5.11 Å². The Kier molecular flexibility index (Phi) is 4.41. The van der Waals surface area contributed by atoms with Crippen LogP contribution in [0.5, 0.6) is 0 Å². The molecule has 0 aliphatic heterocycles. The van der Waals surface area contributed by atoms with E-state index < -0.39 is 5.97 Å². The van der Waals surface area contributed by atoms with Crippen molar-refractivity contribution in [2.45, 2.75) is 19.8 Å². The van der Waals surface area contributed by atoms with Crippen LogP contribution < -0.4 is 5.32 Å². The van der Waals surface area contributed by atoms with Gasteiger partial charge in [0.2, 0.25) is 5.13 Å². The zero-order valence-corrected chi connectivity index (χ0v) is 11.6. The first kappa shape index (κ1) is 14.1. The van der Waals surface area contributed by atoms with Crippen LogP contribution in [0, 0.1) is 6.92 Å². The van der Waals surface area contributed by atoms with Crippen LogP contribution in [-0.4, -0.2) is 27.2 Å². The Labute approximate surface area is 119 Å². The lowest BCUT2D eigenvalue weighted by Crippen LogP contribution is -2.11. The SMILES string of the molecule is Cc1ccc(C(=O)Nc2nnc(CCC(=O)O)s2)cc1. The fourth-order valence-electron chi connectivity index (χ4n) is 1.49. The standard InChI is InChI=1S/C13H13N3O3S/c1-8-2-4-9(5-3-8)12(19)14-13-16-15-10(20-13)6-7-11(17)18/h2-5H,6-7H2,1H3,(H,17,18)(H,14,16,19). The third kappa shape index (κ3) is 3.86. The second kappa shape index (κ2) is 6.25. The lowest BCUT2D eigenvalue weighted by molar-refractivity contribution is -0.136. The number of hydrogen-bond donors (Lipinski definition) is 2. The Hall–Kier alpha value is -2.28. The molecule has 6 nitrogen and oxygen atoms in total. The summed E-state index contributed by atoms with van der Waals surface area (Å²) in [5.74, 6) is -1.14. The van der Waals surface area contributed by atoms with Gasteiger partial charge in [-0.1, -0.05) is 29.0 Å². The molecular weight excluding hydrogens is 278 g/mol. The fraction of sp³-hybridized carbons (Fsp3) is 0.231. The highest BCUT2D eigenvalue weighted by Gasteiger charge is 2.10. The zero-order valence-electron chi connectivity index (χ0n) is 10.8. The summed E-state index contributed by atoms with van der Waals surface area (Å²) in [6.07, 6.45) is 0.313. The summed E-state index contributed by atoms with van der Waals surface area (Å²) in [6, 6.07) is 7.18. The van der Waals surface area contributed by atoms with E-state index in [9.17, 15) is 9.59 Å². The van der Waals surface area contributed by atoms with Gasteiger partial charge in [-0.2, -0.15) is 0 Å². The Morgan fingerprint density at radius 3 is 2.60 bits per heavy atom. The molecule has 1 heterocycles. The molecular formula is C13H13N3O3S. The van der Waals surface area contributed by atoms with E-state index in [1.54, 1.807) is 12.1 Å². The maximum atomic E-state index is 11.9. The lowest BCUT2D eigenvalue weighted by atomic mass is 10.1. The molecule has 0 unspecified atom stereocenters. The van der Waals surface area contributed by atoms with Crippen LogP contribution in [-0.2, 0) is 11.2 Å². The van der Waals surface area contributed by atoms with Crippen molar-refractivity contribution in [1.82, 2.24) is 10.2 Å². The maximum Gasteiger partial charge on any atom is 0.303 e. The van der Waals surface area contributed by atoms with Crippen molar-refractivity contribution in [3.05, 3.63) is 40.4 Å². The van der Waals surface area contributed by atoms with Gasteiger partial charge in [-0.05, 0) is 19.1 Å². The summed E-state index contributed by atoms with van der Waals surface area (Å²) in [5.41, 5.74) is 1.62. The number of amides is 1. The van der Waals surface area contributed by atoms with E-state index in [0.717, 1.165) is 5.56 Å². The van der Waals surface area contributed by atoms with Crippen LogP contribution >= 0.6 is 11.3 Å². The molecule has 2 rings (SSSR count). The quantitative estimate of drug-likeness (QED) is 0.880. The summed E-state index contributed by atoms with van der Waals surface area (Å²) in [6.45, 7) is 1.95. The molecule has 104 valence electrons. The second-order valence-corrected chi connectivity index (χ2v) is 5.28. The molecule has 0 radical (unpaired) electrons. The van der Waals surface area contributed by atoms with Gasteiger partial charge in [-0.15, -0.1) is 10.2 Å². The lowest BCUT2D eigenvalue weighted by Gasteiger charge is -2.01. The molecule has 1 aromatic heterocycles. The molecule has 0 spiro atoms. The number of benzene rings is 1. The molecule has 2 N–H and O–H groups in total. The Bertz CT molecular complexity index is 622. The first-order chi connectivity index (χ1) is 9.54.